The van der Waals surface area contributed by atoms with Gasteiger partial charge in [-0.25, -0.2) is 4.85 Å². The van der Waals surface area contributed by atoms with Gasteiger partial charge in [0.05, 0.1) is 46.0 Å². The average molecular weight is 535 g/mol. The number of para-hydroxylation sites is 4. The number of nitriles is 1. The van der Waals surface area contributed by atoms with Crippen LogP contribution >= 0.6 is 0 Å². The molecule has 0 bridgehead atoms. The normalized spacial score (nSPS) is 11.3. The Hall–Kier alpha value is -6.10. The lowest BCUT2D eigenvalue weighted by molar-refractivity contribution is 1.17. The van der Waals surface area contributed by atoms with E-state index in [2.05, 4.69) is 117 Å². The molecule has 0 saturated heterocycles. The fraction of sp³-hybridized carbons (Fsp3) is 0. The van der Waals surface area contributed by atoms with Gasteiger partial charge in [-0.15, -0.1) is 0 Å². The molecule has 0 radical (unpaired) electrons. The van der Waals surface area contributed by atoms with Crippen LogP contribution in [0.3, 0.4) is 0 Å². The number of hydrogen-bond donors (Lipinski definition) is 0. The van der Waals surface area contributed by atoms with Crippen molar-refractivity contribution < 1.29 is 0 Å². The molecule has 2 heterocycles. The molecule has 8 rings (SSSR count). The first kappa shape index (κ1) is 23.8. The predicted molar refractivity (Wildman–Crippen MR) is 172 cm³/mol. The fourth-order valence-corrected chi connectivity index (χ4v) is 6.44. The molecule has 0 amide bonds. The largest absolute Gasteiger partial charge is 0.318 e. The maximum atomic E-state index is 10.1. The molecule has 42 heavy (non-hydrogen) atoms. The van der Waals surface area contributed by atoms with Gasteiger partial charge < -0.3 is 9.13 Å². The van der Waals surface area contributed by atoms with E-state index in [0.717, 1.165) is 49.7 Å². The minimum Gasteiger partial charge on any atom is -0.318 e. The summed E-state index contributed by atoms with van der Waals surface area (Å²) in [6.07, 6.45) is 0. The second-order valence-corrected chi connectivity index (χ2v) is 10.4. The molecule has 0 saturated carbocycles. The lowest BCUT2D eigenvalue weighted by atomic mass is 9.98. The van der Waals surface area contributed by atoms with Crippen LogP contribution in [0.2, 0.25) is 0 Å². The van der Waals surface area contributed by atoms with Gasteiger partial charge in [0, 0.05) is 27.2 Å². The van der Waals surface area contributed by atoms with Crippen LogP contribution in [0.15, 0.2) is 133 Å². The Labute approximate surface area is 242 Å². The van der Waals surface area contributed by atoms with Crippen molar-refractivity contribution in [2.24, 2.45) is 0 Å². The fourth-order valence-electron chi connectivity index (χ4n) is 6.44. The van der Waals surface area contributed by atoms with Gasteiger partial charge in [-0.1, -0.05) is 91.0 Å². The Morgan fingerprint density at radius 3 is 2.02 bits per heavy atom. The molecule has 2 aromatic heterocycles. The second kappa shape index (κ2) is 9.24. The van der Waals surface area contributed by atoms with Crippen molar-refractivity contribution in [1.82, 2.24) is 9.13 Å². The maximum Gasteiger partial charge on any atom is 0.211 e. The molecular formula is C38H22N4. The van der Waals surface area contributed by atoms with E-state index in [0.29, 0.717) is 16.9 Å². The van der Waals surface area contributed by atoms with Crippen LogP contribution in [0.4, 0.5) is 5.69 Å². The van der Waals surface area contributed by atoms with Crippen LogP contribution in [0.1, 0.15) is 5.56 Å². The Balaban J connectivity index is 1.48. The Morgan fingerprint density at radius 1 is 0.571 bits per heavy atom. The molecule has 0 aliphatic carbocycles. The summed E-state index contributed by atoms with van der Waals surface area (Å²) in [5.74, 6) is 0. The van der Waals surface area contributed by atoms with E-state index in [1.807, 2.05) is 18.2 Å². The summed E-state index contributed by atoms with van der Waals surface area (Å²) in [6.45, 7) is 7.89. The van der Waals surface area contributed by atoms with E-state index in [4.69, 9.17) is 6.57 Å². The predicted octanol–water partition coefficient (Wildman–Crippen LogP) is 9.97. The van der Waals surface area contributed by atoms with Crippen LogP contribution in [-0.4, -0.2) is 9.13 Å². The van der Waals surface area contributed by atoms with Crippen LogP contribution < -0.4 is 0 Å². The van der Waals surface area contributed by atoms with Crippen molar-refractivity contribution in [1.29, 1.82) is 5.26 Å². The summed E-state index contributed by atoms with van der Waals surface area (Å²) in [4.78, 5) is 3.81. The zero-order chi connectivity index (χ0) is 28.2. The lowest BCUT2D eigenvalue weighted by Crippen LogP contribution is -1.98. The van der Waals surface area contributed by atoms with Crippen molar-refractivity contribution >= 4 is 49.3 Å². The van der Waals surface area contributed by atoms with Crippen molar-refractivity contribution in [2.45, 2.75) is 0 Å². The highest BCUT2D eigenvalue weighted by atomic mass is 15.0. The first-order valence-electron chi connectivity index (χ1n) is 13.8. The molecule has 0 fully saturated rings. The molecule has 4 nitrogen and oxygen atoms in total. The maximum absolute atomic E-state index is 10.1. The van der Waals surface area contributed by atoms with E-state index >= 15 is 0 Å². The third-order valence-electron chi connectivity index (χ3n) is 8.18. The van der Waals surface area contributed by atoms with Gasteiger partial charge in [0.2, 0.25) is 5.69 Å². The Morgan fingerprint density at radius 2 is 1.24 bits per heavy atom. The van der Waals surface area contributed by atoms with Gasteiger partial charge in [-0.3, -0.25) is 0 Å². The zero-order valence-corrected chi connectivity index (χ0v) is 22.5. The first-order valence-corrected chi connectivity index (χ1v) is 13.8. The monoisotopic (exact) mass is 534 g/mol. The molecule has 4 heteroatoms. The third kappa shape index (κ3) is 3.33. The van der Waals surface area contributed by atoms with Gasteiger partial charge in [0.25, 0.3) is 0 Å². The van der Waals surface area contributed by atoms with Crippen molar-refractivity contribution in [2.75, 3.05) is 0 Å². The highest BCUT2D eigenvalue weighted by Gasteiger charge is 2.20. The lowest BCUT2D eigenvalue weighted by Gasteiger charge is -2.13. The number of aromatic nitrogens is 2. The summed E-state index contributed by atoms with van der Waals surface area (Å²) in [5, 5.41) is 14.6. The zero-order valence-electron chi connectivity index (χ0n) is 22.5. The molecule has 0 aliphatic heterocycles. The van der Waals surface area contributed by atoms with E-state index in [-0.39, 0.29) is 0 Å². The highest BCUT2D eigenvalue weighted by molar-refractivity contribution is 6.17. The van der Waals surface area contributed by atoms with Crippen LogP contribution in [-0.2, 0) is 0 Å². The number of fused-ring (bicyclic) bond motifs is 6. The van der Waals surface area contributed by atoms with E-state index in [9.17, 15) is 5.26 Å². The highest BCUT2D eigenvalue weighted by Crippen LogP contribution is 2.42. The summed E-state index contributed by atoms with van der Waals surface area (Å²) in [6, 6.07) is 48.0. The molecular weight excluding hydrogens is 512 g/mol. The number of benzene rings is 6. The quantitative estimate of drug-likeness (QED) is 0.208. The van der Waals surface area contributed by atoms with E-state index in [1.54, 1.807) is 18.2 Å². The van der Waals surface area contributed by atoms with E-state index < -0.39 is 0 Å². The molecule has 0 N–H and O–H groups in total. The SMILES string of the molecule is [C-]#[N+]c1cccc(C#N)c1-n1c2ccccc2c2ccc(-c3cccc4c3c3ccccc3n4-c3ccccc3)cc21. The summed E-state index contributed by atoms with van der Waals surface area (Å²) < 4.78 is 4.42. The Kier molecular flexibility index (Phi) is 5.22. The van der Waals surface area contributed by atoms with E-state index in [1.165, 1.54) is 10.8 Å². The number of rotatable bonds is 3. The minimum absolute atomic E-state index is 0.454. The van der Waals surface area contributed by atoms with Crippen molar-refractivity contribution in [3.05, 3.63) is 150 Å². The minimum atomic E-state index is 0.454. The van der Waals surface area contributed by atoms with Crippen LogP contribution in [0.25, 0.3) is 71.0 Å². The Bertz CT molecular complexity index is 2400. The molecule has 0 aliphatic rings. The molecule has 0 unspecified atom stereocenters. The second-order valence-electron chi connectivity index (χ2n) is 10.4. The first-order chi connectivity index (χ1) is 20.8. The van der Waals surface area contributed by atoms with Gasteiger partial charge in [-0.2, -0.15) is 5.26 Å². The number of hydrogen-bond acceptors (Lipinski definition) is 1. The number of nitrogens with zero attached hydrogens (tertiary/aromatic N) is 4. The van der Waals surface area contributed by atoms with Gasteiger partial charge in [0.15, 0.2) is 0 Å². The summed E-state index contributed by atoms with van der Waals surface area (Å²) in [5.41, 5.74) is 9.12. The molecule has 0 atom stereocenters. The summed E-state index contributed by atoms with van der Waals surface area (Å²) in [7, 11) is 0. The molecule has 0 spiro atoms. The average Bonchev–Trinajstić information content (AvgIpc) is 3.57. The molecule has 8 aromatic rings. The van der Waals surface area contributed by atoms with Gasteiger partial charge in [0.1, 0.15) is 0 Å². The van der Waals surface area contributed by atoms with Gasteiger partial charge in [-0.05, 0) is 53.6 Å². The van der Waals surface area contributed by atoms with Crippen molar-refractivity contribution in [3.8, 4) is 28.6 Å². The standard InChI is InChI=1S/C38H22N4/c1-40-32-17-9-11-26(24-39)38(32)42-33-18-7-5-14-29(33)30-22-21-25(23-36(30)42)28-16-10-20-35-37(28)31-15-6-8-19-34(31)41(35)27-12-3-2-4-13-27/h2-23H. The molecule has 194 valence electrons. The van der Waals surface area contributed by atoms with Crippen LogP contribution in [0, 0.1) is 17.9 Å². The topological polar surface area (TPSA) is 38.0 Å². The van der Waals surface area contributed by atoms with Gasteiger partial charge >= 0.3 is 0 Å². The third-order valence-corrected chi connectivity index (χ3v) is 8.18. The van der Waals surface area contributed by atoms with Crippen LogP contribution in [0.5, 0.6) is 0 Å². The summed E-state index contributed by atoms with van der Waals surface area (Å²) >= 11 is 0. The smallest absolute Gasteiger partial charge is 0.211 e. The van der Waals surface area contributed by atoms with Crippen molar-refractivity contribution in [3.63, 3.8) is 0 Å². The molecule has 6 aromatic carbocycles.